The van der Waals surface area contributed by atoms with Gasteiger partial charge in [-0.2, -0.15) is 0 Å². The van der Waals surface area contributed by atoms with Crippen LogP contribution in [0.25, 0.3) is 0 Å². The monoisotopic (exact) mass is 261 g/mol. The number of carbonyl (C=O) groups excluding carboxylic acids is 2. The lowest BCUT2D eigenvalue weighted by Gasteiger charge is -2.27. The molecule has 5 nitrogen and oxygen atoms in total. The van der Waals surface area contributed by atoms with E-state index in [0.717, 1.165) is 18.5 Å². The van der Waals surface area contributed by atoms with Crippen LogP contribution in [0, 0.1) is 0 Å². The number of rotatable bonds is 4. The summed E-state index contributed by atoms with van der Waals surface area (Å²) < 4.78 is 0. The number of fused-ring (bicyclic) bond motifs is 1. The molecule has 0 unspecified atom stereocenters. The highest BCUT2D eigenvalue weighted by Gasteiger charge is 2.30. The third-order valence-electron chi connectivity index (χ3n) is 3.24. The standard InChI is InChI=1S/C14H19N3O2/c1-16(2)6-3-7-17-13(18)8-10-4-5-11(15)9-12(10)14(17)19/h4-5,9H,3,6-8,15H2,1-2H3. The quantitative estimate of drug-likeness (QED) is 0.641. The van der Waals surface area contributed by atoms with Crippen LogP contribution in [0.5, 0.6) is 0 Å². The summed E-state index contributed by atoms with van der Waals surface area (Å²) in [5.41, 5.74) is 7.58. The summed E-state index contributed by atoms with van der Waals surface area (Å²) in [6, 6.07) is 5.14. The number of nitrogens with zero attached hydrogens (tertiary/aromatic N) is 2. The first-order valence-corrected chi connectivity index (χ1v) is 6.37. The van der Waals surface area contributed by atoms with Crippen molar-refractivity contribution < 1.29 is 9.59 Å². The third kappa shape index (κ3) is 2.93. The summed E-state index contributed by atoms with van der Waals surface area (Å²) in [6.45, 7) is 1.31. The van der Waals surface area contributed by atoms with Crippen LogP contribution in [0.2, 0.25) is 0 Å². The Morgan fingerprint density at radius 3 is 2.74 bits per heavy atom. The number of imide groups is 1. The fourth-order valence-corrected chi connectivity index (χ4v) is 2.24. The molecule has 19 heavy (non-hydrogen) atoms. The fraction of sp³-hybridized carbons (Fsp3) is 0.429. The van der Waals surface area contributed by atoms with Gasteiger partial charge in [0.15, 0.2) is 0 Å². The van der Waals surface area contributed by atoms with Gasteiger partial charge in [0.2, 0.25) is 5.91 Å². The normalized spacial score (nSPS) is 15.0. The zero-order valence-corrected chi connectivity index (χ0v) is 11.3. The molecule has 1 aromatic rings. The van der Waals surface area contributed by atoms with Crippen LogP contribution >= 0.6 is 0 Å². The van der Waals surface area contributed by atoms with E-state index in [1.165, 1.54) is 4.90 Å². The molecular formula is C14H19N3O2. The van der Waals surface area contributed by atoms with Crippen molar-refractivity contribution in [2.24, 2.45) is 0 Å². The van der Waals surface area contributed by atoms with E-state index < -0.39 is 0 Å². The first-order chi connectivity index (χ1) is 8.99. The van der Waals surface area contributed by atoms with Gasteiger partial charge in [0.1, 0.15) is 0 Å². The number of hydrogen-bond acceptors (Lipinski definition) is 4. The molecule has 0 spiro atoms. The van der Waals surface area contributed by atoms with Crippen molar-refractivity contribution in [2.75, 3.05) is 32.9 Å². The molecule has 1 aliphatic rings. The molecule has 0 radical (unpaired) electrons. The van der Waals surface area contributed by atoms with Crippen LogP contribution in [0.4, 0.5) is 5.69 Å². The van der Waals surface area contributed by atoms with Crippen molar-refractivity contribution in [3.63, 3.8) is 0 Å². The van der Waals surface area contributed by atoms with Gasteiger partial charge in [-0.25, -0.2) is 0 Å². The average molecular weight is 261 g/mol. The van der Waals surface area contributed by atoms with Gasteiger partial charge in [0, 0.05) is 17.8 Å². The molecule has 102 valence electrons. The molecule has 2 N–H and O–H groups in total. The zero-order chi connectivity index (χ0) is 14.0. The van der Waals surface area contributed by atoms with Gasteiger partial charge in [-0.15, -0.1) is 0 Å². The Bertz CT molecular complexity index is 511. The lowest BCUT2D eigenvalue weighted by atomic mass is 9.97. The van der Waals surface area contributed by atoms with Crippen LogP contribution in [-0.4, -0.2) is 48.8 Å². The van der Waals surface area contributed by atoms with Crippen molar-refractivity contribution in [2.45, 2.75) is 12.8 Å². The molecular weight excluding hydrogens is 242 g/mol. The predicted octanol–water partition coefficient (Wildman–Crippen LogP) is 0.745. The van der Waals surface area contributed by atoms with Gasteiger partial charge in [-0.05, 0) is 44.8 Å². The van der Waals surface area contributed by atoms with E-state index in [1.54, 1.807) is 18.2 Å². The summed E-state index contributed by atoms with van der Waals surface area (Å²) in [7, 11) is 3.94. The van der Waals surface area contributed by atoms with Crippen LogP contribution in [-0.2, 0) is 11.2 Å². The van der Waals surface area contributed by atoms with Gasteiger partial charge in [-0.3, -0.25) is 14.5 Å². The molecule has 2 rings (SSSR count). The van der Waals surface area contributed by atoms with Gasteiger partial charge in [0.25, 0.3) is 5.91 Å². The molecule has 1 heterocycles. The minimum Gasteiger partial charge on any atom is -0.399 e. The van der Waals surface area contributed by atoms with Crippen LogP contribution in [0.15, 0.2) is 18.2 Å². The molecule has 0 aromatic heterocycles. The molecule has 2 amide bonds. The number of benzene rings is 1. The summed E-state index contributed by atoms with van der Waals surface area (Å²) in [6.07, 6.45) is 1.06. The number of hydrogen-bond donors (Lipinski definition) is 1. The smallest absolute Gasteiger partial charge is 0.260 e. The minimum absolute atomic E-state index is 0.124. The molecule has 5 heteroatoms. The van der Waals surface area contributed by atoms with Crippen molar-refractivity contribution >= 4 is 17.5 Å². The zero-order valence-electron chi connectivity index (χ0n) is 11.3. The van der Waals surface area contributed by atoms with Crippen molar-refractivity contribution in [1.82, 2.24) is 9.80 Å². The van der Waals surface area contributed by atoms with Crippen molar-refractivity contribution in [3.8, 4) is 0 Å². The highest BCUT2D eigenvalue weighted by atomic mass is 16.2. The first kappa shape index (κ1) is 13.5. The number of nitrogen functional groups attached to an aromatic ring is 1. The molecule has 0 bridgehead atoms. The Balaban J connectivity index is 2.15. The number of nitrogens with two attached hydrogens (primary N) is 1. The highest BCUT2D eigenvalue weighted by Crippen LogP contribution is 2.22. The lowest BCUT2D eigenvalue weighted by Crippen LogP contribution is -2.43. The summed E-state index contributed by atoms with van der Waals surface area (Å²) in [5, 5.41) is 0. The van der Waals surface area contributed by atoms with Crippen LogP contribution in [0.3, 0.4) is 0 Å². The van der Waals surface area contributed by atoms with E-state index in [1.807, 2.05) is 19.0 Å². The first-order valence-electron chi connectivity index (χ1n) is 6.37. The van der Waals surface area contributed by atoms with Crippen LogP contribution in [0.1, 0.15) is 22.3 Å². The number of carbonyl (C=O) groups is 2. The van der Waals surface area contributed by atoms with E-state index in [-0.39, 0.29) is 18.2 Å². The molecule has 1 aromatic carbocycles. The topological polar surface area (TPSA) is 66.6 Å². The summed E-state index contributed by atoms with van der Waals surface area (Å²) in [5.74, 6) is -0.349. The average Bonchev–Trinajstić information content (AvgIpc) is 2.34. The largest absolute Gasteiger partial charge is 0.399 e. The molecule has 1 aliphatic heterocycles. The van der Waals surface area contributed by atoms with E-state index in [9.17, 15) is 9.59 Å². The fourth-order valence-electron chi connectivity index (χ4n) is 2.24. The maximum absolute atomic E-state index is 12.3. The Morgan fingerprint density at radius 1 is 1.32 bits per heavy atom. The Hall–Kier alpha value is -1.88. The van der Waals surface area contributed by atoms with Gasteiger partial charge in [0.05, 0.1) is 6.42 Å². The lowest BCUT2D eigenvalue weighted by molar-refractivity contribution is -0.128. The maximum atomic E-state index is 12.3. The van der Waals surface area contributed by atoms with Gasteiger partial charge in [-0.1, -0.05) is 6.07 Å². The minimum atomic E-state index is -0.225. The molecule has 0 saturated heterocycles. The van der Waals surface area contributed by atoms with Gasteiger partial charge >= 0.3 is 0 Å². The third-order valence-corrected chi connectivity index (χ3v) is 3.24. The molecule has 0 atom stereocenters. The number of amides is 2. The highest BCUT2D eigenvalue weighted by molar-refractivity contribution is 6.10. The number of anilines is 1. The molecule has 0 fully saturated rings. The van der Waals surface area contributed by atoms with E-state index >= 15 is 0 Å². The van der Waals surface area contributed by atoms with E-state index in [2.05, 4.69) is 0 Å². The van der Waals surface area contributed by atoms with E-state index in [0.29, 0.717) is 17.8 Å². The second kappa shape index (κ2) is 5.40. The second-order valence-electron chi connectivity index (χ2n) is 5.10. The Morgan fingerprint density at radius 2 is 2.05 bits per heavy atom. The Labute approximate surface area is 113 Å². The summed E-state index contributed by atoms with van der Waals surface area (Å²) in [4.78, 5) is 27.7. The van der Waals surface area contributed by atoms with E-state index in [4.69, 9.17) is 5.73 Å². The van der Waals surface area contributed by atoms with Crippen LogP contribution < -0.4 is 5.73 Å². The molecule has 0 aliphatic carbocycles. The SMILES string of the molecule is CN(C)CCCN1C(=O)Cc2ccc(N)cc2C1=O. The predicted molar refractivity (Wildman–Crippen MR) is 73.8 cm³/mol. The second-order valence-corrected chi connectivity index (χ2v) is 5.10. The maximum Gasteiger partial charge on any atom is 0.260 e. The van der Waals surface area contributed by atoms with Gasteiger partial charge < -0.3 is 10.6 Å². The Kier molecular flexibility index (Phi) is 3.85. The van der Waals surface area contributed by atoms with Crippen molar-refractivity contribution in [1.29, 1.82) is 0 Å². The molecule has 0 saturated carbocycles. The summed E-state index contributed by atoms with van der Waals surface area (Å²) >= 11 is 0. The van der Waals surface area contributed by atoms with Crippen molar-refractivity contribution in [3.05, 3.63) is 29.3 Å².